The third-order valence-corrected chi connectivity index (χ3v) is 10.3. The molecule has 6 aliphatic rings. The number of nitrogens with zero attached hydrogens (tertiary/aromatic N) is 1. The zero-order chi connectivity index (χ0) is 22.2. The SMILES string of the molecule is C[N+]1(CC2CC2)[C@@H]2C13Cc1ccc(OCc4ccccc4)c4c1[C@@]1(C3)C(O4)C(=O)CC[C@@]21O. The first-order valence-electron chi connectivity index (χ1n) is 12.5. The number of hydrogen-bond donors (Lipinski definition) is 1. The van der Waals surface area contributed by atoms with Gasteiger partial charge in [0.15, 0.2) is 35.0 Å². The summed E-state index contributed by atoms with van der Waals surface area (Å²) in [5.41, 5.74) is 2.00. The van der Waals surface area contributed by atoms with E-state index in [1.165, 1.54) is 24.9 Å². The fourth-order valence-corrected chi connectivity index (χ4v) is 8.93. The summed E-state index contributed by atoms with van der Waals surface area (Å²) in [7, 11) is 2.37. The molecular weight excluding hydrogens is 414 g/mol. The molecular formula is C28H30NO4+. The molecule has 6 atom stereocenters. The van der Waals surface area contributed by atoms with Gasteiger partial charge in [0.1, 0.15) is 12.2 Å². The molecule has 3 saturated carbocycles. The van der Waals surface area contributed by atoms with Gasteiger partial charge in [-0.15, -0.1) is 0 Å². The Morgan fingerprint density at radius 3 is 2.79 bits per heavy atom. The van der Waals surface area contributed by atoms with Crippen molar-refractivity contribution in [2.24, 2.45) is 5.92 Å². The summed E-state index contributed by atoms with van der Waals surface area (Å²) >= 11 is 0. The lowest BCUT2D eigenvalue weighted by Crippen LogP contribution is -2.67. The second-order valence-corrected chi connectivity index (χ2v) is 11.8. The van der Waals surface area contributed by atoms with E-state index in [-0.39, 0.29) is 17.4 Å². The van der Waals surface area contributed by atoms with Gasteiger partial charge >= 0.3 is 0 Å². The highest BCUT2D eigenvalue weighted by molar-refractivity contribution is 5.90. The fraction of sp³-hybridized carbons (Fsp3) is 0.536. The highest BCUT2D eigenvalue weighted by atomic mass is 16.5. The smallest absolute Gasteiger partial charge is 0.175 e. The number of quaternary nitrogens is 1. The van der Waals surface area contributed by atoms with Crippen LogP contribution in [-0.2, 0) is 23.2 Å². The van der Waals surface area contributed by atoms with Crippen molar-refractivity contribution in [1.29, 1.82) is 0 Å². The van der Waals surface area contributed by atoms with Gasteiger partial charge in [-0.25, -0.2) is 0 Å². The molecule has 8 rings (SSSR count). The number of likely N-dealkylation sites (N-methyl/N-ethyl adjacent to an activating group) is 1. The summed E-state index contributed by atoms with van der Waals surface area (Å²) in [5.74, 6) is 2.37. The van der Waals surface area contributed by atoms with Crippen LogP contribution >= 0.6 is 0 Å². The van der Waals surface area contributed by atoms with Crippen LogP contribution in [0.4, 0.5) is 0 Å². The summed E-state index contributed by atoms with van der Waals surface area (Å²) in [6.45, 7) is 1.62. The van der Waals surface area contributed by atoms with Crippen LogP contribution in [0.2, 0.25) is 0 Å². The lowest BCUT2D eigenvalue weighted by Gasteiger charge is -2.50. The minimum absolute atomic E-state index is 0.0462. The number of ether oxygens (including phenoxy) is 2. The van der Waals surface area contributed by atoms with Gasteiger partial charge in [0.25, 0.3) is 0 Å². The van der Waals surface area contributed by atoms with E-state index in [0.29, 0.717) is 25.2 Å². The van der Waals surface area contributed by atoms with Gasteiger partial charge in [-0.05, 0) is 36.5 Å². The molecule has 0 amide bonds. The Morgan fingerprint density at radius 2 is 2.00 bits per heavy atom. The van der Waals surface area contributed by atoms with Crippen LogP contribution in [0.5, 0.6) is 11.5 Å². The number of piperidine rings is 1. The molecule has 5 nitrogen and oxygen atoms in total. The van der Waals surface area contributed by atoms with Crippen LogP contribution in [0.3, 0.4) is 0 Å². The van der Waals surface area contributed by atoms with Crippen molar-refractivity contribution >= 4 is 5.78 Å². The zero-order valence-corrected chi connectivity index (χ0v) is 19.0. The maximum absolute atomic E-state index is 13.2. The standard InChI is InChI=1S/C28H30NO4/c1-29(14-17-7-8-17)25-26(29)13-19-9-10-21(32-15-18-5-3-2-4-6-18)23-22(19)27(16-26)24(33-23)20(30)11-12-28(25,27)31/h2-6,9-10,17,24-25,31H,7-8,11-16H2,1H3/q+1/t24?,25-,26?,27+,28-,29?/m1/s1. The number of carbonyl (C=O) groups is 1. The average molecular weight is 445 g/mol. The van der Waals surface area contributed by atoms with E-state index in [9.17, 15) is 9.90 Å². The largest absolute Gasteiger partial charge is 0.485 e. The zero-order valence-electron chi connectivity index (χ0n) is 19.0. The van der Waals surface area contributed by atoms with E-state index in [1.54, 1.807) is 0 Å². The third-order valence-electron chi connectivity index (χ3n) is 10.3. The number of ketones is 1. The molecule has 33 heavy (non-hydrogen) atoms. The summed E-state index contributed by atoms with van der Waals surface area (Å²) in [4.78, 5) is 13.2. The Labute approximate surface area is 193 Å². The molecule has 2 heterocycles. The summed E-state index contributed by atoms with van der Waals surface area (Å²) in [5, 5.41) is 12.5. The van der Waals surface area contributed by atoms with Crippen LogP contribution in [0, 0.1) is 5.92 Å². The Kier molecular flexibility index (Phi) is 3.24. The molecule has 4 aliphatic carbocycles. The number of Topliss-reactive ketones (excluding diaryl/α,β-unsaturated/α-hetero) is 1. The molecule has 3 unspecified atom stereocenters. The van der Waals surface area contributed by atoms with Crippen molar-refractivity contribution in [3.63, 3.8) is 0 Å². The van der Waals surface area contributed by atoms with Crippen molar-refractivity contribution < 1.29 is 23.9 Å². The molecule has 1 N–H and O–H groups in total. The molecule has 1 saturated heterocycles. The number of rotatable bonds is 5. The van der Waals surface area contributed by atoms with E-state index in [1.807, 2.05) is 36.4 Å². The maximum Gasteiger partial charge on any atom is 0.175 e. The lowest BCUT2D eigenvalue weighted by molar-refractivity contribution is -0.834. The van der Waals surface area contributed by atoms with Crippen LogP contribution in [0.1, 0.15) is 48.8 Å². The van der Waals surface area contributed by atoms with Gasteiger partial charge in [0, 0.05) is 30.7 Å². The topological polar surface area (TPSA) is 55.8 Å². The molecule has 4 fully saturated rings. The van der Waals surface area contributed by atoms with E-state index in [4.69, 9.17) is 9.47 Å². The van der Waals surface area contributed by atoms with Crippen molar-refractivity contribution in [2.45, 2.75) is 73.8 Å². The predicted molar refractivity (Wildman–Crippen MR) is 121 cm³/mol. The first-order valence-corrected chi connectivity index (χ1v) is 12.5. The van der Waals surface area contributed by atoms with E-state index in [2.05, 4.69) is 13.1 Å². The highest BCUT2D eigenvalue weighted by Crippen LogP contribution is 2.79. The number of hydrogen-bond acceptors (Lipinski definition) is 4. The normalized spacial score (nSPS) is 43.0. The van der Waals surface area contributed by atoms with Crippen LogP contribution in [0.25, 0.3) is 0 Å². The first-order chi connectivity index (χ1) is 15.9. The minimum Gasteiger partial charge on any atom is -0.485 e. The van der Waals surface area contributed by atoms with Crippen molar-refractivity contribution in [3.8, 4) is 11.5 Å². The van der Waals surface area contributed by atoms with Gasteiger partial charge in [-0.2, -0.15) is 0 Å². The van der Waals surface area contributed by atoms with Gasteiger partial charge in [0.2, 0.25) is 0 Å². The Bertz CT molecular complexity index is 1220. The van der Waals surface area contributed by atoms with Crippen LogP contribution in [0.15, 0.2) is 42.5 Å². The second kappa shape index (κ2) is 5.64. The summed E-state index contributed by atoms with van der Waals surface area (Å²) in [6, 6.07) is 14.5. The quantitative estimate of drug-likeness (QED) is 0.568. The molecule has 5 heteroatoms. The Balaban J connectivity index is 1.26. The molecule has 2 aromatic rings. The van der Waals surface area contributed by atoms with E-state index in [0.717, 1.165) is 40.1 Å². The lowest BCUT2D eigenvalue weighted by atomic mass is 9.56. The van der Waals surface area contributed by atoms with Gasteiger partial charge in [-0.1, -0.05) is 36.4 Å². The van der Waals surface area contributed by atoms with E-state index >= 15 is 0 Å². The Morgan fingerprint density at radius 1 is 1.18 bits per heavy atom. The summed E-state index contributed by atoms with van der Waals surface area (Å²) < 4.78 is 13.7. The van der Waals surface area contributed by atoms with Gasteiger partial charge in [0.05, 0.1) is 19.0 Å². The second-order valence-electron chi connectivity index (χ2n) is 11.8. The maximum atomic E-state index is 13.2. The predicted octanol–water partition coefficient (Wildman–Crippen LogP) is 3.30. The molecule has 2 aliphatic heterocycles. The number of fused-ring (bicyclic) bond motifs is 1. The van der Waals surface area contributed by atoms with Gasteiger partial charge < -0.3 is 19.1 Å². The average Bonchev–Trinajstić information content (AvgIpc) is 3.63. The van der Waals surface area contributed by atoms with E-state index < -0.39 is 17.1 Å². The Hall–Kier alpha value is -2.37. The number of benzene rings is 2. The van der Waals surface area contributed by atoms with Crippen LogP contribution < -0.4 is 9.47 Å². The number of carbonyl (C=O) groups excluding carboxylic acids is 1. The first kappa shape index (κ1) is 19.0. The number of likely N-dealkylation sites (tertiary alicyclic amines) is 1. The third kappa shape index (κ3) is 1.99. The highest BCUT2D eigenvalue weighted by Gasteiger charge is 2.96. The molecule has 0 aromatic heterocycles. The fourth-order valence-electron chi connectivity index (χ4n) is 8.93. The minimum atomic E-state index is -0.885. The molecule has 2 bridgehead atoms. The van der Waals surface area contributed by atoms with Gasteiger partial charge in [-0.3, -0.25) is 4.79 Å². The van der Waals surface area contributed by atoms with Crippen molar-refractivity contribution in [2.75, 3.05) is 13.6 Å². The molecule has 0 radical (unpaired) electrons. The van der Waals surface area contributed by atoms with Crippen LogP contribution in [-0.4, -0.2) is 52.3 Å². The molecule has 170 valence electrons. The van der Waals surface area contributed by atoms with Crippen molar-refractivity contribution in [3.05, 3.63) is 59.2 Å². The molecule has 2 spiro atoms. The monoisotopic (exact) mass is 444 g/mol. The number of aliphatic hydroxyl groups is 1. The van der Waals surface area contributed by atoms with Crippen molar-refractivity contribution in [1.82, 2.24) is 0 Å². The molecule has 2 aromatic carbocycles. The summed E-state index contributed by atoms with van der Waals surface area (Å²) in [6.07, 6.45) is 4.87.